The lowest BCUT2D eigenvalue weighted by molar-refractivity contribution is 0.0512. The highest BCUT2D eigenvalue weighted by Gasteiger charge is 2.49. The first-order chi connectivity index (χ1) is 22.8. The Hall–Kier alpha value is -4.41. The Bertz CT molecular complexity index is 1960. The number of ether oxygens (including phenoxy) is 4. The predicted octanol–water partition coefficient (Wildman–Crippen LogP) is 5.35. The van der Waals surface area contributed by atoms with Gasteiger partial charge < -0.3 is 23.8 Å². The Labute approximate surface area is 267 Å². The van der Waals surface area contributed by atoms with Gasteiger partial charge in [0, 0.05) is 37.4 Å². The average molecular weight is 650 g/mol. The molecule has 244 valence electrons. The standard InChI is InChI=1S/C34H31F4N5O4/c1-3-23-25(37)6-5-18-9-22(47-17-44-2)11-24(26(18)23)29-28(38)30-27-31(43-14-19(35)10-21(43)15-45-32(27)39-29)41-33(40-30)46-16-34-7-4-8-42(34)13-20(36)12-34/h1,5-6,9,11,19-21H,4,7-8,10,12-17H2,2H3/t19-,20-,21+,34+/m1/s1. The van der Waals surface area contributed by atoms with Crippen molar-refractivity contribution >= 4 is 27.5 Å². The second kappa shape index (κ2) is 11.4. The fourth-order valence-corrected chi connectivity index (χ4v) is 7.71. The van der Waals surface area contributed by atoms with E-state index in [2.05, 4.69) is 25.8 Å². The first-order valence-corrected chi connectivity index (χ1v) is 15.6. The topological polar surface area (TPSA) is 82.1 Å². The maximum Gasteiger partial charge on any atom is 0.319 e. The number of aromatic nitrogens is 3. The normalized spacial score (nSPS) is 25.0. The van der Waals surface area contributed by atoms with Crippen LogP contribution in [-0.2, 0) is 4.74 Å². The molecule has 4 aliphatic rings. The number of pyridine rings is 1. The van der Waals surface area contributed by atoms with Crippen LogP contribution >= 0.6 is 0 Å². The van der Waals surface area contributed by atoms with Crippen molar-refractivity contribution in [3.8, 4) is 41.2 Å². The van der Waals surface area contributed by atoms with Gasteiger partial charge in [0.25, 0.3) is 0 Å². The lowest BCUT2D eigenvalue weighted by Crippen LogP contribution is -2.43. The molecule has 3 saturated heterocycles. The quantitative estimate of drug-likeness (QED) is 0.150. The molecule has 9 nitrogen and oxygen atoms in total. The van der Waals surface area contributed by atoms with Crippen molar-refractivity contribution in [3.05, 3.63) is 41.5 Å². The van der Waals surface area contributed by atoms with Crippen molar-refractivity contribution in [2.75, 3.05) is 51.7 Å². The monoisotopic (exact) mass is 649 g/mol. The molecule has 4 atom stereocenters. The fourth-order valence-electron chi connectivity index (χ4n) is 7.71. The van der Waals surface area contributed by atoms with E-state index < -0.39 is 35.6 Å². The zero-order chi connectivity index (χ0) is 32.4. The Morgan fingerprint density at radius 3 is 2.79 bits per heavy atom. The molecule has 13 heteroatoms. The highest BCUT2D eigenvalue weighted by Crippen LogP contribution is 2.45. The van der Waals surface area contributed by atoms with E-state index in [1.54, 1.807) is 11.0 Å². The molecule has 2 aromatic heterocycles. The fraction of sp³-hybridized carbons (Fsp3) is 0.441. The van der Waals surface area contributed by atoms with E-state index in [4.69, 9.17) is 25.4 Å². The molecule has 6 heterocycles. The molecule has 0 amide bonds. The largest absolute Gasteiger partial charge is 0.475 e. The van der Waals surface area contributed by atoms with Gasteiger partial charge >= 0.3 is 6.01 Å². The van der Waals surface area contributed by atoms with Crippen molar-refractivity contribution in [3.63, 3.8) is 0 Å². The summed E-state index contributed by atoms with van der Waals surface area (Å²) in [4.78, 5) is 17.6. The van der Waals surface area contributed by atoms with Crippen molar-refractivity contribution in [2.45, 2.75) is 49.6 Å². The first kappa shape index (κ1) is 30.0. The maximum absolute atomic E-state index is 17.0. The van der Waals surface area contributed by atoms with Gasteiger partial charge in [0.1, 0.15) is 59.5 Å². The predicted molar refractivity (Wildman–Crippen MR) is 165 cm³/mol. The number of hydrogen-bond acceptors (Lipinski definition) is 9. The third-order valence-electron chi connectivity index (χ3n) is 9.77. The Kier molecular flexibility index (Phi) is 7.25. The van der Waals surface area contributed by atoms with E-state index in [0.29, 0.717) is 24.1 Å². The van der Waals surface area contributed by atoms with Gasteiger partial charge in [-0.15, -0.1) is 6.42 Å². The van der Waals surface area contributed by atoms with E-state index in [-0.39, 0.29) is 83.8 Å². The smallest absolute Gasteiger partial charge is 0.319 e. The number of anilines is 1. The number of halogens is 4. The number of methoxy groups -OCH3 is 1. The summed E-state index contributed by atoms with van der Waals surface area (Å²) in [6.07, 6.45) is 5.84. The van der Waals surface area contributed by atoms with Gasteiger partial charge in [-0.05, 0) is 43.0 Å². The van der Waals surface area contributed by atoms with Crippen molar-refractivity contribution in [1.82, 2.24) is 19.9 Å². The lowest BCUT2D eigenvalue weighted by Gasteiger charge is -2.31. The van der Waals surface area contributed by atoms with Crippen LogP contribution in [0.4, 0.5) is 23.4 Å². The molecule has 2 aromatic carbocycles. The van der Waals surface area contributed by atoms with Crippen LogP contribution in [-0.4, -0.2) is 90.5 Å². The third kappa shape index (κ3) is 4.88. The molecule has 47 heavy (non-hydrogen) atoms. The zero-order valence-corrected chi connectivity index (χ0v) is 25.6. The summed E-state index contributed by atoms with van der Waals surface area (Å²) >= 11 is 0. The SMILES string of the molecule is C#Cc1c(F)ccc2cc(OCOC)cc(-c3nc4c5c(nc(OC[C@@]67CCCN6C[C@H](F)C7)nc5c3F)N3C[C@H](F)C[C@H]3CO4)c12. The van der Waals surface area contributed by atoms with Gasteiger partial charge in [-0.1, -0.05) is 12.0 Å². The Morgan fingerprint density at radius 1 is 1.09 bits per heavy atom. The molecule has 0 saturated carbocycles. The van der Waals surface area contributed by atoms with E-state index in [1.165, 1.54) is 25.3 Å². The van der Waals surface area contributed by atoms with Gasteiger partial charge in [0.05, 0.1) is 23.7 Å². The van der Waals surface area contributed by atoms with Gasteiger partial charge in [-0.2, -0.15) is 9.97 Å². The van der Waals surface area contributed by atoms with E-state index in [0.717, 1.165) is 19.4 Å². The molecular weight excluding hydrogens is 618 g/mol. The minimum absolute atomic E-state index is 0.0258. The van der Waals surface area contributed by atoms with Crippen molar-refractivity contribution in [2.24, 2.45) is 0 Å². The maximum atomic E-state index is 17.0. The van der Waals surface area contributed by atoms with Gasteiger partial charge in [-0.25, -0.2) is 22.5 Å². The molecule has 3 fully saturated rings. The molecule has 4 aromatic rings. The van der Waals surface area contributed by atoms with Crippen LogP contribution in [0.15, 0.2) is 24.3 Å². The number of rotatable bonds is 7. The molecular formula is C34H31F4N5O4. The molecule has 0 radical (unpaired) electrons. The highest BCUT2D eigenvalue weighted by molar-refractivity contribution is 6.04. The van der Waals surface area contributed by atoms with Gasteiger partial charge in [-0.3, -0.25) is 4.90 Å². The van der Waals surface area contributed by atoms with Crippen LogP contribution in [0.3, 0.4) is 0 Å². The van der Waals surface area contributed by atoms with E-state index in [1.807, 2.05) is 0 Å². The minimum Gasteiger partial charge on any atom is -0.475 e. The summed E-state index contributed by atoms with van der Waals surface area (Å²) in [5.41, 5.74) is -0.802. The van der Waals surface area contributed by atoms with Crippen LogP contribution in [0.2, 0.25) is 0 Å². The average Bonchev–Trinajstić information content (AvgIpc) is 3.70. The van der Waals surface area contributed by atoms with Crippen molar-refractivity contribution < 1.29 is 36.5 Å². The highest BCUT2D eigenvalue weighted by atomic mass is 19.1. The number of nitrogens with zero attached hydrogens (tertiary/aromatic N) is 5. The first-order valence-electron chi connectivity index (χ1n) is 15.6. The van der Waals surface area contributed by atoms with Crippen LogP contribution in [0.5, 0.6) is 17.6 Å². The third-order valence-corrected chi connectivity index (χ3v) is 9.77. The second-order valence-electron chi connectivity index (χ2n) is 12.6. The summed E-state index contributed by atoms with van der Waals surface area (Å²) in [5, 5.41) is 0.902. The molecule has 8 rings (SSSR count). The molecule has 0 aliphatic carbocycles. The molecule has 0 unspecified atom stereocenters. The van der Waals surface area contributed by atoms with E-state index >= 15 is 8.78 Å². The number of fused-ring (bicyclic) bond motifs is 4. The Morgan fingerprint density at radius 2 is 1.96 bits per heavy atom. The van der Waals surface area contributed by atoms with Gasteiger partial charge in [0.15, 0.2) is 12.6 Å². The summed E-state index contributed by atoms with van der Waals surface area (Å²) in [6.45, 7) is 1.22. The van der Waals surface area contributed by atoms with Crippen LogP contribution in [0, 0.1) is 24.0 Å². The Balaban J connectivity index is 1.33. The summed E-state index contributed by atoms with van der Waals surface area (Å²) in [7, 11) is 1.46. The van der Waals surface area contributed by atoms with Gasteiger partial charge in [0.2, 0.25) is 5.88 Å². The van der Waals surface area contributed by atoms with Crippen LogP contribution in [0.1, 0.15) is 31.2 Å². The summed E-state index contributed by atoms with van der Waals surface area (Å²) < 4.78 is 84.3. The summed E-state index contributed by atoms with van der Waals surface area (Å²) in [6, 6.07) is 5.39. The minimum atomic E-state index is -1.14. The molecule has 4 aliphatic heterocycles. The number of alkyl halides is 2. The molecule has 0 N–H and O–H groups in total. The summed E-state index contributed by atoms with van der Waals surface area (Å²) in [5.74, 6) is 1.46. The number of hydrogen-bond donors (Lipinski definition) is 0. The number of terminal acetylenes is 1. The second-order valence-corrected chi connectivity index (χ2v) is 12.6. The molecule has 0 bridgehead atoms. The van der Waals surface area contributed by atoms with E-state index in [9.17, 15) is 8.78 Å². The lowest BCUT2D eigenvalue weighted by atomic mass is 9.95. The molecule has 0 spiro atoms. The van der Waals surface area contributed by atoms with Crippen LogP contribution < -0.4 is 19.1 Å². The zero-order valence-electron chi connectivity index (χ0n) is 25.6. The van der Waals surface area contributed by atoms with Crippen molar-refractivity contribution in [1.29, 1.82) is 0 Å². The van der Waals surface area contributed by atoms with Crippen LogP contribution in [0.25, 0.3) is 32.9 Å². The number of benzene rings is 2.